The number of aromatic nitrogens is 2. The van der Waals surface area contributed by atoms with Gasteiger partial charge in [-0.15, -0.1) is 0 Å². The van der Waals surface area contributed by atoms with Crippen LogP contribution in [-0.4, -0.2) is 41.0 Å². The fraction of sp³-hybridized carbons (Fsp3) is 0.429. The Hall–Kier alpha value is -1.68. The number of nitrogens with one attached hydrogen (secondary N) is 1. The molecular formula is C14H18N4. The summed E-state index contributed by atoms with van der Waals surface area (Å²) >= 11 is 0. The first kappa shape index (κ1) is 11.4. The molecule has 0 bridgehead atoms. The van der Waals surface area contributed by atoms with Crippen LogP contribution >= 0.6 is 0 Å². The third-order valence-electron chi connectivity index (χ3n) is 3.66. The molecule has 94 valence electrons. The first-order valence-corrected chi connectivity index (χ1v) is 6.49. The Labute approximate surface area is 107 Å². The minimum absolute atomic E-state index is 0.611. The molecule has 0 spiro atoms. The van der Waals surface area contributed by atoms with Gasteiger partial charge in [0.05, 0.1) is 5.52 Å². The predicted octanol–water partition coefficient (Wildman–Crippen LogP) is 2.14. The Bertz CT molecular complexity index is 540. The molecule has 0 radical (unpaired) electrons. The Morgan fingerprint density at radius 3 is 3.11 bits per heavy atom. The SMILES string of the molecule is CN1CCCC1CNc1ncc2ccccc2n1. The molecule has 1 aromatic carbocycles. The first-order valence-electron chi connectivity index (χ1n) is 6.49. The molecule has 3 rings (SSSR count). The van der Waals surface area contributed by atoms with E-state index >= 15 is 0 Å². The molecule has 18 heavy (non-hydrogen) atoms. The van der Waals surface area contributed by atoms with Crippen molar-refractivity contribution in [3.05, 3.63) is 30.5 Å². The van der Waals surface area contributed by atoms with E-state index in [-0.39, 0.29) is 0 Å². The van der Waals surface area contributed by atoms with E-state index < -0.39 is 0 Å². The van der Waals surface area contributed by atoms with Crippen molar-refractivity contribution in [2.24, 2.45) is 0 Å². The largest absolute Gasteiger partial charge is 0.353 e. The highest BCUT2D eigenvalue weighted by molar-refractivity contribution is 5.78. The van der Waals surface area contributed by atoms with E-state index in [1.807, 2.05) is 30.5 Å². The van der Waals surface area contributed by atoms with Crippen molar-refractivity contribution in [1.82, 2.24) is 14.9 Å². The second kappa shape index (κ2) is 4.90. The van der Waals surface area contributed by atoms with E-state index in [2.05, 4.69) is 27.2 Å². The van der Waals surface area contributed by atoms with Crippen molar-refractivity contribution >= 4 is 16.9 Å². The molecule has 1 aliphatic heterocycles. The quantitative estimate of drug-likeness (QED) is 0.895. The van der Waals surface area contributed by atoms with Gasteiger partial charge < -0.3 is 10.2 Å². The second-order valence-corrected chi connectivity index (χ2v) is 4.91. The summed E-state index contributed by atoms with van der Waals surface area (Å²) in [7, 11) is 2.18. The average molecular weight is 242 g/mol. The van der Waals surface area contributed by atoms with Crippen LogP contribution < -0.4 is 5.32 Å². The summed E-state index contributed by atoms with van der Waals surface area (Å²) in [6.45, 7) is 2.12. The summed E-state index contributed by atoms with van der Waals surface area (Å²) in [6.07, 6.45) is 4.43. The highest BCUT2D eigenvalue weighted by Gasteiger charge is 2.20. The Kier molecular flexibility index (Phi) is 3.11. The summed E-state index contributed by atoms with van der Waals surface area (Å²) in [6, 6.07) is 8.67. The number of para-hydroxylation sites is 1. The van der Waals surface area contributed by atoms with E-state index in [0.717, 1.165) is 23.4 Å². The number of hydrogen-bond acceptors (Lipinski definition) is 4. The average Bonchev–Trinajstić information content (AvgIpc) is 2.82. The highest BCUT2D eigenvalue weighted by atomic mass is 15.2. The van der Waals surface area contributed by atoms with Gasteiger partial charge in [-0.1, -0.05) is 18.2 Å². The fourth-order valence-electron chi connectivity index (χ4n) is 2.50. The zero-order chi connectivity index (χ0) is 12.4. The summed E-state index contributed by atoms with van der Waals surface area (Å²) in [5.74, 6) is 0.731. The number of hydrogen-bond donors (Lipinski definition) is 1. The van der Waals surface area contributed by atoms with Gasteiger partial charge in [-0.2, -0.15) is 0 Å². The van der Waals surface area contributed by atoms with Crippen LogP contribution in [0.3, 0.4) is 0 Å². The smallest absolute Gasteiger partial charge is 0.223 e. The van der Waals surface area contributed by atoms with Crippen LogP contribution in [-0.2, 0) is 0 Å². The van der Waals surface area contributed by atoms with E-state index in [0.29, 0.717) is 6.04 Å². The fourth-order valence-corrected chi connectivity index (χ4v) is 2.50. The van der Waals surface area contributed by atoms with Crippen molar-refractivity contribution in [1.29, 1.82) is 0 Å². The summed E-state index contributed by atoms with van der Waals surface area (Å²) in [4.78, 5) is 11.3. The van der Waals surface area contributed by atoms with Gasteiger partial charge in [0.2, 0.25) is 5.95 Å². The third-order valence-corrected chi connectivity index (χ3v) is 3.66. The molecule has 1 saturated heterocycles. The lowest BCUT2D eigenvalue weighted by Gasteiger charge is -2.19. The van der Waals surface area contributed by atoms with Crippen molar-refractivity contribution < 1.29 is 0 Å². The molecule has 1 atom stereocenters. The van der Waals surface area contributed by atoms with Crippen LogP contribution in [0.5, 0.6) is 0 Å². The third kappa shape index (κ3) is 2.29. The van der Waals surface area contributed by atoms with Gasteiger partial charge in [0, 0.05) is 24.2 Å². The maximum absolute atomic E-state index is 4.52. The molecular weight excluding hydrogens is 224 g/mol. The first-order chi connectivity index (χ1) is 8.83. The Balaban J connectivity index is 1.71. The minimum atomic E-state index is 0.611. The molecule has 1 N–H and O–H groups in total. The molecule has 0 aliphatic carbocycles. The highest BCUT2D eigenvalue weighted by Crippen LogP contribution is 2.16. The van der Waals surface area contributed by atoms with Crippen LogP contribution in [0.2, 0.25) is 0 Å². The number of fused-ring (bicyclic) bond motifs is 1. The number of nitrogens with zero attached hydrogens (tertiary/aromatic N) is 3. The monoisotopic (exact) mass is 242 g/mol. The number of anilines is 1. The molecule has 1 aliphatic rings. The lowest BCUT2D eigenvalue weighted by atomic mass is 10.2. The van der Waals surface area contributed by atoms with Crippen molar-refractivity contribution in [3.8, 4) is 0 Å². The number of likely N-dealkylation sites (tertiary alicyclic amines) is 1. The normalized spacial score (nSPS) is 20.4. The molecule has 4 nitrogen and oxygen atoms in total. The minimum Gasteiger partial charge on any atom is -0.353 e. The molecule has 1 unspecified atom stereocenters. The second-order valence-electron chi connectivity index (χ2n) is 4.91. The standard InChI is InChI=1S/C14H18N4/c1-18-8-4-6-12(18)10-16-14-15-9-11-5-2-3-7-13(11)17-14/h2-3,5,7,9,12H,4,6,8,10H2,1H3,(H,15,16,17). The number of rotatable bonds is 3. The van der Waals surface area contributed by atoms with Gasteiger partial charge in [-0.25, -0.2) is 9.97 Å². The van der Waals surface area contributed by atoms with E-state index in [1.54, 1.807) is 0 Å². The van der Waals surface area contributed by atoms with E-state index in [1.165, 1.54) is 19.4 Å². The maximum atomic E-state index is 4.52. The zero-order valence-electron chi connectivity index (χ0n) is 10.6. The molecule has 0 amide bonds. The number of likely N-dealkylation sites (N-methyl/N-ethyl adjacent to an activating group) is 1. The van der Waals surface area contributed by atoms with Crippen LogP contribution in [0, 0.1) is 0 Å². The van der Waals surface area contributed by atoms with Crippen LogP contribution in [0.4, 0.5) is 5.95 Å². The lowest BCUT2D eigenvalue weighted by Crippen LogP contribution is -2.31. The summed E-state index contributed by atoms with van der Waals surface area (Å²) < 4.78 is 0. The van der Waals surface area contributed by atoms with Gasteiger partial charge >= 0.3 is 0 Å². The molecule has 0 saturated carbocycles. The van der Waals surface area contributed by atoms with E-state index in [4.69, 9.17) is 0 Å². The summed E-state index contributed by atoms with van der Waals surface area (Å²) in [5.41, 5.74) is 0.995. The van der Waals surface area contributed by atoms with Crippen molar-refractivity contribution in [2.75, 3.05) is 25.5 Å². The summed E-state index contributed by atoms with van der Waals surface area (Å²) in [5, 5.41) is 4.43. The van der Waals surface area contributed by atoms with Crippen molar-refractivity contribution in [3.63, 3.8) is 0 Å². The lowest BCUT2D eigenvalue weighted by molar-refractivity contribution is 0.322. The predicted molar refractivity (Wildman–Crippen MR) is 73.7 cm³/mol. The van der Waals surface area contributed by atoms with Crippen LogP contribution in [0.15, 0.2) is 30.5 Å². The number of benzene rings is 1. The van der Waals surface area contributed by atoms with Gasteiger partial charge in [0.25, 0.3) is 0 Å². The molecule has 1 aromatic heterocycles. The Morgan fingerprint density at radius 2 is 2.28 bits per heavy atom. The molecule has 2 aromatic rings. The van der Waals surface area contributed by atoms with Gasteiger partial charge in [0.1, 0.15) is 0 Å². The van der Waals surface area contributed by atoms with Crippen LogP contribution in [0.25, 0.3) is 10.9 Å². The molecule has 2 heterocycles. The van der Waals surface area contributed by atoms with Gasteiger partial charge in [0.15, 0.2) is 0 Å². The maximum Gasteiger partial charge on any atom is 0.223 e. The zero-order valence-corrected chi connectivity index (χ0v) is 10.6. The van der Waals surface area contributed by atoms with Crippen molar-refractivity contribution in [2.45, 2.75) is 18.9 Å². The van der Waals surface area contributed by atoms with Crippen LogP contribution in [0.1, 0.15) is 12.8 Å². The van der Waals surface area contributed by atoms with Gasteiger partial charge in [-0.05, 0) is 32.5 Å². The molecule has 4 heteroatoms. The topological polar surface area (TPSA) is 41.0 Å². The molecule has 1 fully saturated rings. The van der Waals surface area contributed by atoms with E-state index in [9.17, 15) is 0 Å². The van der Waals surface area contributed by atoms with Gasteiger partial charge in [-0.3, -0.25) is 0 Å². The Morgan fingerprint density at radius 1 is 1.39 bits per heavy atom.